The summed E-state index contributed by atoms with van der Waals surface area (Å²) in [5, 5.41) is 17.5. The van der Waals surface area contributed by atoms with Crippen LogP contribution in [0.3, 0.4) is 0 Å². The maximum Gasteiger partial charge on any atom is 0.322 e. The number of carboxylic acid groups (broad SMARTS) is 2. The van der Waals surface area contributed by atoms with Gasteiger partial charge in [-0.25, -0.2) is 8.42 Å². The minimum Gasteiger partial charge on any atom is -0.481 e. The molecule has 0 aromatic heterocycles. The number of carbonyl (C=O) groups is 2. The maximum absolute atomic E-state index is 12.2. The number of carboxylic acids is 2. The second kappa shape index (κ2) is 5.82. The number of hydrogen-bond acceptors (Lipinski definition) is 4. The van der Waals surface area contributed by atoms with Gasteiger partial charge in [0.05, 0.1) is 11.3 Å². The Morgan fingerprint density at radius 1 is 1.19 bits per heavy atom. The van der Waals surface area contributed by atoms with Crippen LogP contribution in [0.25, 0.3) is 0 Å². The van der Waals surface area contributed by atoms with Crippen molar-refractivity contribution in [2.24, 2.45) is 0 Å². The summed E-state index contributed by atoms with van der Waals surface area (Å²) in [6.45, 7) is 0. The van der Waals surface area contributed by atoms with Crippen molar-refractivity contribution in [3.63, 3.8) is 0 Å². The third-order valence-electron chi connectivity index (χ3n) is 3.35. The Hall–Kier alpha value is -1.93. The quantitative estimate of drug-likeness (QED) is 0.698. The van der Waals surface area contributed by atoms with Crippen molar-refractivity contribution in [1.29, 1.82) is 0 Å². The normalized spacial score (nSPS) is 15.4. The van der Waals surface area contributed by atoms with Gasteiger partial charge in [0.1, 0.15) is 6.04 Å². The molecule has 1 atom stereocenters. The zero-order valence-corrected chi connectivity index (χ0v) is 11.9. The molecule has 0 bridgehead atoms. The van der Waals surface area contributed by atoms with Gasteiger partial charge in [0.15, 0.2) is 0 Å². The number of aliphatic carboxylic acids is 2. The van der Waals surface area contributed by atoms with Crippen molar-refractivity contribution >= 4 is 22.0 Å². The van der Waals surface area contributed by atoms with Crippen molar-refractivity contribution in [1.82, 2.24) is 4.72 Å². The molecule has 114 valence electrons. The predicted octanol–water partition coefficient (Wildman–Crippen LogP) is 0.381. The lowest BCUT2D eigenvalue weighted by Gasteiger charge is -2.13. The molecular formula is C13H15NO6S. The van der Waals surface area contributed by atoms with E-state index in [1.807, 2.05) is 4.72 Å². The Balaban J connectivity index is 2.24. The Morgan fingerprint density at radius 2 is 1.86 bits per heavy atom. The van der Waals surface area contributed by atoms with Gasteiger partial charge < -0.3 is 10.2 Å². The molecule has 7 nitrogen and oxygen atoms in total. The predicted molar refractivity (Wildman–Crippen MR) is 72.5 cm³/mol. The SMILES string of the molecule is O=C(O)C[C@@H](NS(=O)(=O)c1ccc2c(c1)CCC2)C(=O)O. The van der Waals surface area contributed by atoms with Crippen molar-refractivity contribution < 1.29 is 28.2 Å². The molecule has 1 aromatic rings. The summed E-state index contributed by atoms with van der Waals surface area (Å²) in [4.78, 5) is 21.5. The average molecular weight is 313 g/mol. The Kier molecular flexibility index (Phi) is 4.29. The fourth-order valence-corrected chi connectivity index (χ4v) is 3.56. The Labute approximate surface area is 121 Å². The van der Waals surface area contributed by atoms with Gasteiger partial charge >= 0.3 is 11.9 Å². The third kappa shape index (κ3) is 3.59. The fraction of sp³-hybridized carbons (Fsp3) is 0.385. The van der Waals surface area contributed by atoms with E-state index in [9.17, 15) is 18.0 Å². The van der Waals surface area contributed by atoms with E-state index >= 15 is 0 Å². The van der Waals surface area contributed by atoms with Gasteiger partial charge in [-0.05, 0) is 42.5 Å². The summed E-state index contributed by atoms with van der Waals surface area (Å²) in [5.74, 6) is -2.92. The van der Waals surface area contributed by atoms with Gasteiger partial charge in [-0.1, -0.05) is 6.07 Å². The minimum atomic E-state index is -4.07. The lowest BCUT2D eigenvalue weighted by molar-refractivity contribution is -0.145. The number of aryl methyl sites for hydroxylation is 2. The number of nitrogens with one attached hydrogen (secondary N) is 1. The molecule has 0 unspecified atom stereocenters. The van der Waals surface area contributed by atoms with Crippen LogP contribution < -0.4 is 4.72 Å². The van der Waals surface area contributed by atoms with Crippen molar-refractivity contribution in [3.05, 3.63) is 29.3 Å². The van der Waals surface area contributed by atoms with E-state index in [4.69, 9.17) is 10.2 Å². The van der Waals surface area contributed by atoms with Crippen LogP contribution >= 0.6 is 0 Å². The molecule has 21 heavy (non-hydrogen) atoms. The van der Waals surface area contributed by atoms with Gasteiger partial charge in [0, 0.05) is 0 Å². The first-order valence-electron chi connectivity index (χ1n) is 6.38. The molecule has 0 heterocycles. The second-order valence-electron chi connectivity index (χ2n) is 4.89. The third-order valence-corrected chi connectivity index (χ3v) is 4.82. The van der Waals surface area contributed by atoms with Crippen molar-refractivity contribution in [2.45, 2.75) is 36.6 Å². The van der Waals surface area contributed by atoms with Gasteiger partial charge in [-0.3, -0.25) is 9.59 Å². The van der Waals surface area contributed by atoms with Crippen molar-refractivity contribution in [3.8, 4) is 0 Å². The van der Waals surface area contributed by atoms with Gasteiger partial charge in [0.25, 0.3) is 0 Å². The summed E-state index contributed by atoms with van der Waals surface area (Å²) in [6.07, 6.45) is 1.83. The van der Waals surface area contributed by atoms with Crippen LogP contribution in [0.2, 0.25) is 0 Å². The van der Waals surface area contributed by atoms with Crippen LogP contribution in [0.5, 0.6) is 0 Å². The molecular weight excluding hydrogens is 298 g/mol. The van der Waals surface area contributed by atoms with Crippen LogP contribution in [-0.4, -0.2) is 36.6 Å². The van der Waals surface area contributed by atoms with Crippen LogP contribution in [0.1, 0.15) is 24.0 Å². The van der Waals surface area contributed by atoms with Crippen LogP contribution in [-0.2, 0) is 32.5 Å². The first-order chi connectivity index (χ1) is 9.79. The van der Waals surface area contributed by atoms with E-state index in [1.54, 1.807) is 6.07 Å². The van der Waals surface area contributed by atoms with Gasteiger partial charge in [0.2, 0.25) is 10.0 Å². The highest BCUT2D eigenvalue weighted by molar-refractivity contribution is 7.89. The Bertz CT molecular complexity index is 682. The lowest BCUT2D eigenvalue weighted by Crippen LogP contribution is -2.42. The average Bonchev–Trinajstić information content (AvgIpc) is 2.84. The van der Waals surface area contributed by atoms with E-state index in [1.165, 1.54) is 12.1 Å². The number of sulfonamides is 1. The molecule has 8 heteroatoms. The monoisotopic (exact) mass is 313 g/mol. The minimum absolute atomic E-state index is 0.0419. The molecule has 0 amide bonds. The zero-order chi connectivity index (χ0) is 15.6. The fourth-order valence-electron chi connectivity index (χ4n) is 2.32. The first-order valence-corrected chi connectivity index (χ1v) is 7.86. The van der Waals surface area contributed by atoms with Crippen LogP contribution in [0, 0.1) is 0 Å². The molecule has 0 radical (unpaired) electrons. The molecule has 0 saturated heterocycles. The molecule has 0 spiro atoms. The highest BCUT2D eigenvalue weighted by Gasteiger charge is 2.28. The van der Waals surface area contributed by atoms with E-state index in [2.05, 4.69) is 0 Å². The number of fused-ring (bicyclic) bond motifs is 1. The van der Waals surface area contributed by atoms with E-state index in [-0.39, 0.29) is 4.90 Å². The number of hydrogen-bond donors (Lipinski definition) is 3. The summed E-state index contributed by atoms with van der Waals surface area (Å²) in [7, 11) is -4.07. The number of rotatable bonds is 6. The topological polar surface area (TPSA) is 121 Å². The zero-order valence-electron chi connectivity index (χ0n) is 11.1. The molecule has 0 fully saturated rings. The molecule has 1 aliphatic carbocycles. The summed E-state index contributed by atoms with van der Waals surface area (Å²) >= 11 is 0. The maximum atomic E-state index is 12.2. The smallest absolute Gasteiger partial charge is 0.322 e. The van der Waals surface area contributed by atoms with Gasteiger partial charge in [-0.2, -0.15) is 4.72 Å². The standard InChI is InChI=1S/C13H15NO6S/c15-12(16)7-11(13(17)18)14-21(19,20)10-5-4-8-2-1-3-9(8)6-10/h4-6,11,14H,1-3,7H2,(H,15,16)(H,17,18)/t11-/m1/s1. The highest BCUT2D eigenvalue weighted by Crippen LogP contribution is 2.24. The van der Waals surface area contributed by atoms with Crippen LogP contribution in [0.15, 0.2) is 23.1 Å². The summed E-state index contributed by atoms with van der Waals surface area (Å²) in [5.41, 5.74) is 2.03. The molecule has 1 aromatic carbocycles. The van der Waals surface area contributed by atoms with E-state index in [0.29, 0.717) is 0 Å². The van der Waals surface area contributed by atoms with Gasteiger partial charge in [-0.15, -0.1) is 0 Å². The molecule has 2 rings (SSSR count). The second-order valence-corrected chi connectivity index (χ2v) is 6.61. The van der Waals surface area contributed by atoms with E-state index < -0.39 is 34.4 Å². The molecule has 3 N–H and O–H groups in total. The molecule has 0 aliphatic heterocycles. The summed E-state index contributed by atoms with van der Waals surface area (Å²) < 4.78 is 26.2. The van der Waals surface area contributed by atoms with Crippen molar-refractivity contribution in [2.75, 3.05) is 0 Å². The largest absolute Gasteiger partial charge is 0.481 e. The molecule has 1 aliphatic rings. The van der Waals surface area contributed by atoms with Crippen LogP contribution in [0.4, 0.5) is 0 Å². The number of benzene rings is 1. The highest BCUT2D eigenvalue weighted by atomic mass is 32.2. The molecule has 0 saturated carbocycles. The first kappa shape index (κ1) is 15.5. The van der Waals surface area contributed by atoms with E-state index in [0.717, 1.165) is 30.4 Å². The lowest BCUT2D eigenvalue weighted by atomic mass is 10.1. The summed E-state index contributed by atoms with van der Waals surface area (Å²) in [6, 6.07) is 2.95. The Morgan fingerprint density at radius 3 is 2.48 bits per heavy atom.